The number of amides is 1. The summed E-state index contributed by atoms with van der Waals surface area (Å²) in [5, 5.41) is 20.0. The molecule has 4 rings (SSSR count). The van der Waals surface area contributed by atoms with Crippen LogP contribution in [0.3, 0.4) is 0 Å². The lowest BCUT2D eigenvalue weighted by molar-refractivity contribution is -0.113. The van der Waals surface area contributed by atoms with Crippen molar-refractivity contribution in [2.45, 2.75) is 25.5 Å². The predicted molar refractivity (Wildman–Crippen MR) is 121 cm³/mol. The molecule has 0 atom stereocenters. The lowest BCUT2D eigenvalue weighted by Crippen LogP contribution is -2.15. The van der Waals surface area contributed by atoms with Gasteiger partial charge in [0.2, 0.25) is 5.91 Å². The number of thioether (sulfide) groups is 1. The van der Waals surface area contributed by atoms with Crippen molar-refractivity contribution in [3.8, 4) is 11.4 Å². The first-order valence-electron chi connectivity index (χ1n) is 9.27. The number of aryl methyl sites for hydroxylation is 2. The van der Waals surface area contributed by atoms with Gasteiger partial charge in [-0.25, -0.2) is 0 Å². The average Bonchev–Trinajstić information content (AvgIpc) is 3.45. The van der Waals surface area contributed by atoms with Gasteiger partial charge < -0.3 is 9.73 Å². The standard InChI is InChI=1S/C20H18Cl2N6O2S/c1-11-18(12(2)25-24-11)23-17(29)10-31-20-27-26-19(15-6-5-13(21)8-16(15)22)28(20)9-14-4-3-7-30-14/h3-8H,9-10H2,1-2H3,(H,23,29)(H,24,25). The number of carbonyl (C=O) groups excluding carboxylic acids is 1. The summed E-state index contributed by atoms with van der Waals surface area (Å²) in [5.74, 6) is 1.26. The molecule has 0 saturated carbocycles. The van der Waals surface area contributed by atoms with Crippen molar-refractivity contribution >= 4 is 46.6 Å². The number of furan rings is 1. The van der Waals surface area contributed by atoms with E-state index < -0.39 is 0 Å². The van der Waals surface area contributed by atoms with E-state index in [9.17, 15) is 4.79 Å². The van der Waals surface area contributed by atoms with Gasteiger partial charge in [-0.05, 0) is 44.2 Å². The topological polar surface area (TPSA) is 102 Å². The van der Waals surface area contributed by atoms with Crippen molar-refractivity contribution in [3.63, 3.8) is 0 Å². The molecule has 3 heterocycles. The first-order chi connectivity index (χ1) is 14.9. The Morgan fingerprint density at radius 2 is 2.10 bits per heavy atom. The Morgan fingerprint density at radius 3 is 2.77 bits per heavy atom. The van der Waals surface area contributed by atoms with E-state index >= 15 is 0 Å². The molecule has 0 radical (unpaired) electrons. The summed E-state index contributed by atoms with van der Waals surface area (Å²) < 4.78 is 7.36. The van der Waals surface area contributed by atoms with Gasteiger partial charge in [-0.2, -0.15) is 5.10 Å². The molecule has 0 bridgehead atoms. The van der Waals surface area contributed by atoms with E-state index in [2.05, 4.69) is 25.7 Å². The third-order valence-corrected chi connectivity index (χ3v) is 6.02. The number of hydrogen-bond donors (Lipinski definition) is 2. The molecule has 11 heteroatoms. The number of nitrogens with zero attached hydrogens (tertiary/aromatic N) is 4. The Hall–Kier alpha value is -2.75. The highest BCUT2D eigenvalue weighted by Gasteiger charge is 2.19. The van der Waals surface area contributed by atoms with Crippen LogP contribution in [-0.4, -0.2) is 36.6 Å². The molecule has 0 aliphatic heterocycles. The molecule has 0 saturated heterocycles. The molecular weight excluding hydrogens is 459 g/mol. The van der Waals surface area contributed by atoms with Gasteiger partial charge in [0, 0.05) is 10.6 Å². The fourth-order valence-corrected chi connectivity index (χ4v) is 4.24. The SMILES string of the molecule is Cc1n[nH]c(C)c1NC(=O)CSc1nnc(-c2ccc(Cl)cc2Cl)n1Cc1ccco1. The molecule has 8 nitrogen and oxygen atoms in total. The molecule has 4 aromatic rings. The fourth-order valence-electron chi connectivity index (χ4n) is 3.01. The van der Waals surface area contributed by atoms with Gasteiger partial charge in [-0.3, -0.25) is 14.5 Å². The van der Waals surface area contributed by atoms with E-state index in [0.717, 1.165) is 17.1 Å². The highest BCUT2D eigenvalue weighted by atomic mass is 35.5. The van der Waals surface area contributed by atoms with Crippen LogP contribution in [0.1, 0.15) is 17.1 Å². The Labute approximate surface area is 192 Å². The van der Waals surface area contributed by atoms with Crippen LogP contribution in [-0.2, 0) is 11.3 Å². The summed E-state index contributed by atoms with van der Waals surface area (Å²) >= 11 is 13.7. The summed E-state index contributed by atoms with van der Waals surface area (Å²) in [6.07, 6.45) is 1.60. The fraction of sp³-hybridized carbons (Fsp3) is 0.200. The molecule has 0 fully saturated rings. The number of hydrogen-bond acceptors (Lipinski definition) is 6. The van der Waals surface area contributed by atoms with Crippen LogP contribution in [0.5, 0.6) is 0 Å². The van der Waals surface area contributed by atoms with Crippen LogP contribution in [0.25, 0.3) is 11.4 Å². The molecule has 160 valence electrons. The monoisotopic (exact) mass is 476 g/mol. The molecule has 0 aliphatic carbocycles. The van der Waals surface area contributed by atoms with Crippen LogP contribution >= 0.6 is 35.0 Å². The summed E-state index contributed by atoms with van der Waals surface area (Å²) in [6, 6.07) is 8.85. The summed E-state index contributed by atoms with van der Waals surface area (Å²) in [4.78, 5) is 12.5. The second-order valence-electron chi connectivity index (χ2n) is 6.74. The molecule has 1 aromatic carbocycles. The number of halogens is 2. The zero-order valence-corrected chi connectivity index (χ0v) is 19.0. The number of nitrogens with one attached hydrogen (secondary N) is 2. The molecule has 0 spiro atoms. The first-order valence-corrected chi connectivity index (χ1v) is 11.0. The Kier molecular flexibility index (Phi) is 6.35. The van der Waals surface area contributed by atoms with Crippen LogP contribution in [0.4, 0.5) is 5.69 Å². The third-order valence-electron chi connectivity index (χ3n) is 4.51. The van der Waals surface area contributed by atoms with Gasteiger partial charge in [-0.1, -0.05) is 35.0 Å². The van der Waals surface area contributed by atoms with Crippen molar-refractivity contribution in [2.75, 3.05) is 11.1 Å². The minimum absolute atomic E-state index is 0.148. The second-order valence-corrected chi connectivity index (χ2v) is 8.53. The smallest absolute Gasteiger partial charge is 0.234 e. The Balaban J connectivity index is 1.58. The third kappa shape index (κ3) is 4.79. The van der Waals surface area contributed by atoms with E-state index in [4.69, 9.17) is 27.6 Å². The van der Waals surface area contributed by atoms with Crippen molar-refractivity contribution in [3.05, 3.63) is 63.8 Å². The molecule has 0 aliphatic rings. The van der Waals surface area contributed by atoms with Gasteiger partial charge in [0.05, 0.1) is 40.7 Å². The number of H-pyrrole nitrogens is 1. The van der Waals surface area contributed by atoms with E-state index in [1.165, 1.54) is 11.8 Å². The molecule has 1 amide bonds. The number of aromatic amines is 1. The van der Waals surface area contributed by atoms with Gasteiger partial charge in [0.15, 0.2) is 11.0 Å². The van der Waals surface area contributed by atoms with E-state index in [1.807, 2.05) is 30.5 Å². The lowest BCUT2D eigenvalue weighted by Gasteiger charge is -2.10. The number of benzene rings is 1. The zero-order chi connectivity index (χ0) is 22.0. The molecule has 31 heavy (non-hydrogen) atoms. The van der Waals surface area contributed by atoms with E-state index in [1.54, 1.807) is 24.5 Å². The number of carbonyl (C=O) groups is 1. The maximum absolute atomic E-state index is 12.5. The normalized spacial score (nSPS) is 11.1. The molecule has 0 unspecified atom stereocenters. The summed E-state index contributed by atoms with van der Waals surface area (Å²) in [7, 11) is 0. The van der Waals surface area contributed by atoms with Gasteiger partial charge in [-0.15, -0.1) is 10.2 Å². The van der Waals surface area contributed by atoms with Crippen molar-refractivity contribution in [2.24, 2.45) is 0 Å². The highest BCUT2D eigenvalue weighted by molar-refractivity contribution is 7.99. The average molecular weight is 477 g/mol. The zero-order valence-electron chi connectivity index (χ0n) is 16.6. The van der Waals surface area contributed by atoms with Crippen molar-refractivity contribution in [1.29, 1.82) is 0 Å². The maximum atomic E-state index is 12.5. The molecule has 2 N–H and O–H groups in total. The molecule has 3 aromatic heterocycles. The largest absolute Gasteiger partial charge is 0.467 e. The van der Waals surface area contributed by atoms with Gasteiger partial charge >= 0.3 is 0 Å². The predicted octanol–water partition coefficient (Wildman–Crippen LogP) is 4.96. The Morgan fingerprint density at radius 1 is 1.26 bits per heavy atom. The van der Waals surface area contributed by atoms with Gasteiger partial charge in [0.1, 0.15) is 5.76 Å². The first kappa shape index (κ1) is 21.5. The summed E-state index contributed by atoms with van der Waals surface area (Å²) in [6.45, 7) is 4.07. The Bertz CT molecular complexity index is 1200. The quantitative estimate of drug-likeness (QED) is 0.365. The minimum atomic E-state index is -0.170. The van der Waals surface area contributed by atoms with Crippen LogP contribution in [0.15, 0.2) is 46.2 Å². The number of anilines is 1. The minimum Gasteiger partial charge on any atom is -0.467 e. The van der Waals surface area contributed by atoms with E-state index in [-0.39, 0.29) is 11.7 Å². The van der Waals surface area contributed by atoms with Gasteiger partial charge in [0.25, 0.3) is 0 Å². The van der Waals surface area contributed by atoms with Crippen LogP contribution in [0, 0.1) is 13.8 Å². The van der Waals surface area contributed by atoms with Crippen LogP contribution < -0.4 is 5.32 Å². The number of aromatic nitrogens is 5. The number of rotatable bonds is 7. The van der Waals surface area contributed by atoms with Crippen LogP contribution in [0.2, 0.25) is 10.0 Å². The highest BCUT2D eigenvalue weighted by Crippen LogP contribution is 2.32. The second kappa shape index (κ2) is 9.17. The maximum Gasteiger partial charge on any atom is 0.234 e. The summed E-state index contributed by atoms with van der Waals surface area (Å²) in [5.41, 5.74) is 2.91. The van der Waals surface area contributed by atoms with Crippen molar-refractivity contribution in [1.82, 2.24) is 25.0 Å². The van der Waals surface area contributed by atoms with E-state index in [0.29, 0.717) is 38.8 Å². The van der Waals surface area contributed by atoms with Crippen molar-refractivity contribution < 1.29 is 9.21 Å². The lowest BCUT2D eigenvalue weighted by atomic mass is 10.2. The molecular formula is C20H18Cl2N6O2S.